The number of nitrogens with zero attached hydrogens (tertiary/aromatic N) is 1. The van der Waals surface area contributed by atoms with Crippen LogP contribution in [0.5, 0.6) is 0 Å². The fourth-order valence-electron chi connectivity index (χ4n) is 4.09. The normalized spacial score (nSPS) is 13.7. The maximum atomic E-state index is 13.4. The van der Waals surface area contributed by atoms with Crippen molar-refractivity contribution in [1.82, 2.24) is 4.90 Å². The number of carboxylic acids is 1. The molecule has 34 heavy (non-hydrogen) atoms. The highest BCUT2D eigenvalue weighted by Gasteiger charge is 2.38. The van der Waals surface area contributed by atoms with Gasteiger partial charge in [-0.05, 0) is 59.0 Å². The zero-order valence-corrected chi connectivity index (χ0v) is 18.5. The third kappa shape index (κ3) is 4.39. The fourth-order valence-corrected chi connectivity index (χ4v) is 4.09. The average molecular weight is 464 g/mol. The van der Waals surface area contributed by atoms with E-state index in [1.165, 1.54) is 11.0 Å². The standard InChI is InChI=1S/C26H22F2N2O4/c1-14(2)23(26(33)34)30-13-18-4-3-16(11-20(18)25(30)32)15-5-8-19(9-6-15)29-24(31)17-7-10-21(27)22(28)12-17/h3-12,14,23H,13H2,1-2H3,(H,29,31)(H,33,34)/t23-/m0/s1. The number of anilines is 1. The minimum atomic E-state index is -1.10. The van der Waals surface area contributed by atoms with Crippen LogP contribution < -0.4 is 5.32 Å². The number of hydrogen-bond acceptors (Lipinski definition) is 3. The minimum Gasteiger partial charge on any atom is -0.480 e. The number of carbonyl (C=O) groups is 3. The molecular formula is C26H22F2N2O4. The number of hydrogen-bond donors (Lipinski definition) is 2. The molecule has 8 heteroatoms. The summed E-state index contributed by atoms with van der Waals surface area (Å²) in [6, 6.07) is 14.3. The third-order valence-corrected chi connectivity index (χ3v) is 5.82. The van der Waals surface area contributed by atoms with Gasteiger partial charge in [0.25, 0.3) is 11.8 Å². The van der Waals surface area contributed by atoms with Gasteiger partial charge in [0.05, 0.1) is 0 Å². The molecule has 174 valence electrons. The van der Waals surface area contributed by atoms with Crippen LogP contribution in [0, 0.1) is 17.6 Å². The Morgan fingerprint density at radius 2 is 1.62 bits per heavy atom. The van der Waals surface area contributed by atoms with E-state index < -0.39 is 29.6 Å². The van der Waals surface area contributed by atoms with E-state index in [-0.39, 0.29) is 23.9 Å². The van der Waals surface area contributed by atoms with Crippen LogP contribution in [0.3, 0.4) is 0 Å². The van der Waals surface area contributed by atoms with Gasteiger partial charge in [0.15, 0.2) is 11.6 Å². The van der Waals surface area contributed by atoms with E-state index >= 15 is 0 Å². The maximum Gasteiger partial charge on any atom is 0.326 e. The first-order valence-electron chi connectivity index (χ1n) is 10.7. The molecule has 1 aliphatic rings. The summed E-state index contributed by atoms with van der Waals surface area (Å²) in [4.78, 5) is 38.3. The van der Waals surface area contributed by atoms with E-state index in [4.69, 9.17) is 0 Å². The number of amides is 2. The van der Waals surface area contributed by atoms with Gasteiger partial charge in [-0.3, -0.25) is 9.59 Å². The molecule has 1 heterocycles. The summed E-state index contributed by atoms with van der Waals surface area (Å²) in [5.41, 5.74) is 3.26. The van der Waals surface area contributed by atoms with Crippen LogP contribution in [0.25, 0.3) is 11.1 Å². The predicted octanol–water partition coefficient (Wildman–Crippen LogP) is 4.95. The molecule has 0 spiro atoms. The van der Waals surface area contributed by atoms with Crippen molar-refractivity contribution >= 4 is 23.5 Å². The summed E-state index contributed by atoms with van der Waals surface area (Å²) in [5, 5.41) is 12.2. The molecule has 0 saturated heterocycles. The lowest BCUT2D eigenvalue weighted by Gasteiger charge is -2.27. The third-order valence-electron chi connectivity index (χ3n) is 5.82. The second-order valence-corrected chi connectivity index (χ2v) is 8.49. The number of fused-ring (bicyclic) bond motifs is 1. The van der Waals surface area contributed by atoms with E-state index in [0.29, 0.717) is 11.3 Å². The van der Waals surface area contributed by atoms with Gasteiger partial charge >= 0.3 is 5.97 Å². The van der Waals surface area contributed by atoms with E-state index in [9.17, 15) is 28.3 Å². The van der Waals surface area contributed by atoms with Gasteiger partial charge in [0.1, 0.15) is 6.04 Å². The highest BCUT2D eigenvalue weighted by atomic mass is 19.2. The summed E-state index contributed by atoms with van der Waals surface area (Å²) in [6.45, 7) is 3.79. The SMILES string of the molecule is CC(C)[C@@H](C(=O)O)N1Cc2ccc(-c3ccc(NC(=O)c4ccc(F)c(F)c4)cc3)cc2C1=O. The van der Waals surface area contributed by atoms with Crippen molar-refractivity contribution in [2.24, 2.45) is 5.92 Å². The molecule has 3 aromatic carbocycles. The van der Waals surface area contributed by atoms with Crippen molar-refractivity contribution in [3.8, 4) is 11.1 Å². The summed E-state index contributed by atoms with van der Waals surface area (Å²) in [6.07, 6.45) is 0. The minimum absolute atomic E-state index is 0.00859. The molecule has 3 aromatic rings. The Balaban J connectivity index is 1.51. The van der Waals surface area contributed by atoms with E-state index in [2.05, 4.69) is 5.32 Å². The molecule has 0 radical (unpaired) electrons. The van der Waals surface area contributed by atoms with Crippen molar-refractivity contribution in [2.75, 3.05) is 5.32 Å². The number of carbonyl (C=O) groups excluding carboxylic acids is 2. The lowest BCUT2D eigenvalue weighted by molar-refractivity contribution is -0.144. The number of benzene rings is 3. The summed E-state index contributed by atoms with van der Waals surface area (Å²) >= 11 is 0. The molecule has 0 unspecified atom stereocenters. The highest BCUT2D eigenvalue weighted by molar-refractivity contribution is 6.04. The molecule has 1 aliphatic heterocycles. The van der Waals surface area contributed by atoms with Crippen molar-refractivity contribution < 1.29 is 28.3 Å². The highest BCUT2D eigenvalue weighted by Crippen LogP contribution is 2.31. The van der Waals surface area contributed by atoms with Crippen molar-refractivity contribution in [2.45, 2.75) is 26.4 Å². The molecule has 2 amide bonds. The Kier molecular flexibility index (Phi) is 6.15. The zero-order valence-electron chi connectivity index (χ0n) is 18.5. The van der Waals surface area contributed by atoms with Gasteiger partial charge in [-0.2, -0.15) is 0 Å². The van der Waals surface area contributed by atoms with E-state index in [1.807, 2.05) is 12.1 Å². The molecule has 1 atom stereocenters. The van der Waals surface area contributed by atoms with Gasteiger partial charge in [-0.1, -0.05) is 38.1 Å². The van der Waals surface area contributed by atoms with Crippen LogP contribution in [-0.2, 0) is 11.3 Å². The van der Waals surface area contributed by atoms with Gasteiger partial charge < -0.3 is 15.3 Å². The maximum absolute atomic E-state index is 13.4. The second kappa shape index (κ2) is 9.05. The van der Waals surface area contributed by atoms with Crippen LogP contribution >= 0.6 is 0 Å². The molecule has 4 rings (SSSR count). The van der Waals surface area contributed by atoms with E-state index in [1.54, 1.807) is 44.2 Å². The topological polar surface area (TPSA) is 86.7 Å². The number of nitrogens with one attached hydrogen (secondary N) is 1. The van der Waals surface area contributed by atoms with Crippen molar-refractivity contribution in [1.29, 1.82) is 0 Å². The van der Waals surface area contributed by atoms with Crippen LogP contribution in [0.15, 0.2) is 60.7 Å². The van der Waals surface area contributed by atoms with Gasteiger partial charge in [0, 0.05) is 23.4 Å². The van der Waals surface area contributed by atoms with Crippen molar-refractivity contribution in [3.05, 3.63) is 89.0 Å². The largest absolute Gasteiger partial charge is 0.480 e. The number of rotatable bonds is 6. The first kappa shape index (κ1) is 23.1. The summed E-state index contributed by atoms with van der Waals surface area (Å²) < 4.78 is 26.5. The molecule has 0 aliphatic carbocycles. The number of carboxylic acid groups (broad SMARTS) is 1. The van der Waals surface area contributed by atoms with Crippen LogP contribution in [0.2, 0.25) is 0 Å². The number of aliphatic carboxylic acids is 1. The molecule has 0 fully saturated rings. The Labute approximate surface area is 194 Å². The van der Waals surface area contributed by atoms with E-state index in [0.717, 1.165) is 28.8 Å². The lowest BCUT2D eigenvalue weighted by Crippen LogP contribution is -2.44. The molecule has 0 saturated carbocycles. The lowest BCUT2D eigenvalue weighted by atomic mass is 10.00. The molecule has 0 bridgehead atoms. The molecular weight excluding hydrogens is 442 g/mol. The van der Waals surface area contributed by atoms with Gasteiger partial charge in [-0.25, -0.2) is 13.6 Å². The van der Waals surface area contributed by atoms with Crippen molar-refractivity contribution in [3.63, 3.8) is 0 Å². The summed E-state index contributed by atoms with van der Waals surface area (Å²) in [7, 11) is 0. The Hall–Kier alpha value is -4.07. The Morgan fingerprint density at radius 3 is 2.24 bits per heavy atom. The van der Waals surface area contributed by atoms with Crippen LogP contribution in [-0.4, -0.2) is 33.8 Å². The first-order valence-corrected chi connectivity index (χ1v) is 10.7. The van der Waals surface area contributed by atoms with Crippen LogP contribution in [0.1, 0.15) is 40.1 Å². The fraction of sp³-hybridized carbons (Fsp3) is 0.192. The van der Waals surface area contributed by atoms with Crippen LogP contribution in [0.4, 0.5) is 14.5 Å². The zero-order chi connectivity index (χ0) is 24.6. The average Bonchev–Trinajstić information content (AvgIpc) is 3.11. The smallest absolute Gasteiger partial charge is 0.326 e. The molecule has 6 nitrogen and oxygen atoms in total. The first-order chi connectivity index (χ1) is 16.2. The molecule has 0 aromatic heterocycles. The molecule has 2 N–H and O–H groups in total. The van der Waals surface area contributed by atoms with Gasteiger partial charge in [0.2, 0.25) is 0 Å². The quantitative estimate of drug-likeness (QED) is 0.541. The predicted molar refractivity (Wildman–Crippen MR) is 122 cm³/mol. The summed E-state index contributed by atoms with van der Waals surface area (Å²) in [5.74, 6) is -4.28. The monoisotopic (exact) mass is 464 g/mol. The Bertz CT molecular complexity index is 1290. The second-order valence-electron chi connectivity index (χ2n) is 8.49. The Morgan fingerprint density at radius 1 is 0.941 bits per heavy atom. The number of halogens is 2. The van der Waals surface area contributed by atoms with Gasteiger partial charge in [-0.15, -0.1) is 0 Å².